The number of aryl methyl sites for hydroxylation is 1. The van der Waals surface area contributed by atoms with Crippen LogP contribution in [0.1, 0.15) is 21.5 Å². The van der Waals surface area contributed by atoms with Crippen molar-refractivity contribution in [3.63, 3.8) is 0 Å². The van der Waals surface area contributed by atoms with Crippen molar-refractivity contribution in [2.75, 3.05) is 12.4 Å². The smallest absolute Gasteiger partial charge is 0.256 e. The van der Waals surface area contributed by atoms with E-state index < -0.39 is 0 Å². The van der Waals surface area contributed by atoms with Gasteiger partial charge in [-0.1, -0.05) is 54.1 Å². The van der Waals surface area contributed by atoms with Crippen LogP contribution >= 0.6 is 0 Å². The molecule has 0 saturated heterocycles. The summed E-state index contributed by atoms with van der Waals surface area (Å²) >= 11 is 0. The summed E-state index contributed by atoms with van der Waals surface area (Å²) in [4.78, 5) is 18.2. The van der Waals surface area contributed by atoms with Crippen LogP contribution in [0, 0.1) is 13.8 Å². The summed E-state index contributed by atoms with van der Waals surface area (Å²) in [6, 6.07) is 23.3. The van der Waals surface area contributed by atoms with E-state index in [4.69, 9.17) is 9.72 Å². The second-order valence-electron chi connectivity index (χ2n) is 7.03. The van der Waals surface area contributed by atoms with Gasteiger partial charge in [0.25, 0.3) is 5.91 Å². The molecule has 29 heavy (non-hydrogen) atoms. The van der Waals surface area contributed by atoms with E-state index >= 15 is 0 Å². The fraction of sp³-hybridized carbons (Fsp3) is 0.120. The SMILES string of the molecule is COc1cccc(NC(=O)c2c(C)c(-c3ccc(C)cc3)nc3ccccc23)c1. The van der Waals surface area contributed by atoms with Gasteiger partial charge in [-0.05, 0) is 37.6 Å². The molecule has 1 aromatic heterocycles. The number of rotatable bonds is 4. The first-order valence-corrected chi connectivity index (χ1v) is 9.48. The number of hydrogen-bond acceptors (Lipinski definition) is 3. The molecular formula is C25H22N2O2. The van der Waals surface area contributed by atoms with Gasteiger partial charge in [-0.2, -0.15) is 0 Å². The number of nitrogens with zero attached hydrogens (tertiary/aromatic N) is 1. The predicted molar refractivity (Wildman–Crippen MR) is 118 cm³/mol. The van der Waals surface area contributed by atoms with E-state index in [1.165, 1.54) is 5.56 Å². The first-order chi connectivity index (χ1) is 14.1. The molecule has 144 valence electrons. The summed E-state index contributed by atoms with van der Waals surface area (Å²) < 4.78 is 5.26. The Morgan fingerprint density at radius 2 is 1.69 bits per heavy atom. The minimum absolute atomic E-state index is 0.164. The normalized spacial score (nSPS) is 10.7. The van der Waals surface area contributed by atoms with Gasteiger partial charge in [-0.15, -0.1) is 0 Å². The average molecular weight is 382 g/mol. The zero-order chi connectivity index (χ0) is 20.4. The molecule has 4 rings (SSSR count). The van der Waals surface area contributed by atoms with E-state index in [1.807, 2.05) is 61.5 Å². The van der Waals surface area contributed by atoms with Crippen molar-refractivity contribution in [3.05, 3.63) is 89.5 Å². The monoisotopic (exact) mass is 382 g/mol. The molecule has 0 bridgehead atoms. The summed E-state index contributed by atoms with van der Waals surface area (Å²) in [5.74, 6) is 0.530. The molecule has 1 amide bonds. The van der Waals surface area contributed by atoms with Crippen LogP contribution in [0.25, 0.3) is 22.2 Å². The van der Waals surface area contributed by atoms with Gasteiger partial charge in [0, 0.05) is 22.7 Å². The summed E-state index contributed by atoms with van der Waals surface area (Å²) in [7, 11) is 1.61. The van der Waals surface area contributed by atoms with Crippen molar-refractivity contribution >= 4 is 22.5 Å². The minimum atomic E-state index is -0.164. The van der Waals surface area contributed by atoms with Gasteiger partial charge in [-0.25, -0.2) is 4.98 Å². The number of fused-ring (bicyclic) bond motifs is 1. The van der Waals surface area contributed by atoms with Crippen molar-refractivity contribution in [2.45, 2.75) is 13.8 Å². The van der Waals surface area contributed by atoms with Gasteiger partial charge in [0.2, 0.25) is 0 Å². The number of amides is 1. The molecule has 0 aliphatic carbocycles. The van der Waals surface area contributed by atoms with Gasteiger partial charge >= 0.3 is 0 Å². The highest BCUT2D eigenvalue weighted by atomic mass is 16.5. The molecule has 1 N–H and O–H groups in total. The second-order valence-corrected chi connectivity index (χ2v) is 7.03. The number of methoxy groups -OCH3 is 1. The van der Waals surface area contributed by atoms with E-state index in [2.05, 4.69) is 24.4 Å². The summed E-state index contributed by atoms with van der Waals surface area (Å²) in [6.45, 7) is 4.01. The van der Waals surface area contributed by atoms with Crippen LogP contribution < -0.4 is 10.1 Å². The van der Waals surface area contributed by atoms with Gasteiger partial charge < -0.3 is 10.1 Å². The largest absolute Gasteiger partial charge is 0.497 e. The standard InChI is InChI=1S/C25H22N2O2/c1-16-11-13-18(14-12-16)24-17(2)23(21-9-4-5-10-22(21)27-24)25(28)26-19-7-6-8-20(15-19)29-3/h4-15H,1-3H3,(H,26,28). The lowest BCUT2D eigenvalue weighted by atomic mass is 9.96. The van der Waals surface area contributed by atoms with Crippen LogP contribution in [0.3, 0.4) is 0 Å². The third kappa shape index (κ3) is 3.69. The highest BCUT2D eigenvalue weighted by Gasteiger charge is 2.19. The Kier molecular flexibility index (Phi) is 5.00. The maximum Gasteiger partial charge on any atom is 0.256 e. The highest BCUT2D eigenvalue weighted by Crippen LogP contribution is 2.30. The zero-order valence-electron chi connectivity index (χ0n) is 16.7. The molecule has 0 aliphatic rings. The van der Waals surface area contributed by atoms with Crippen molar-refractivity contribution in [2.24, 2.45) is 0 Å². The van der Waals surface area contributed by atoms with E-state index in [9.17, 15) is 4.79 Å². The Morgan fingerprint density at radius 3 is 2.45 bits per heavy atom. The van der Waals surface area contributed by atoms with Crippen molar-refractivity contribution in [3.8, 4) is 17.0 Å². The van der Waals surface area contributed by atoms with Crippen molar-refractivity contribution < 1.29 is 9.53 Å². The lowest BCUT2D eigenvalue weighted by Crippen LogP contribution is -2.15. The molecule has 0 fully saturated rings. The molecule has 1 heterocycles. The Balaban J connectivity index is 1.84. The lowest BCUT2D eigenvalue weighted by molar-refractivity contribution is 0.102. The van der Waals surface area contributed by atoms with Crippen LogP contribution in [0.5, 0.6) is 5.75 Å². The number of benzene rings is 3. The van der Waals surface area contributed by atoms with Gasteiger partial charge in [-0.3, -0.25) is 4.79 Å². The van der Waals surface area contributed by atoms with Gasteiger partial charge in [0.05, 0.1) is 23.9 Å². The molecule has 4 heteroatoms. The molecule has 4 nitrogen and oxygen atoms in total. The first kappa shape index (κ1) is 18.7. The Hall–Kier alpha value is -3.66. The third-order valence-electron chi connectivity index (χ3n) is 5.02. The fourth-order valence-corrected chi connectivity index (χ4v) is 3.49. The molecule has 0 radical (unpaired) electrons. The number of carbonyl (C=O) groups excluding carboxylic acids is 1. The van der Waals surface area contributed by atoms with E-state index in [0.717, 1.165) is 27.7 Å². The molecule has 3 aromatic carbocycles. The maximum atomic E-state index is 13.3. The lowest BCUT2D eigenvalue weighted by Gasteiger charge is -2.15. The number of hydrogen-bond donors (Lipinski definition) is 1. The van der Waals surface area contributed by atoms with Gasteiger partial charge in [0.15, 0.2) is 0 Å². The van der Waals surface area contributed by atoms with E-state index in [0.29, 0.717) is 17.0 Å². The van der Waals surface area contributed by atoms with E-state index in [1.54, 1.807) is 13.2 Å². The quantitative estimate of drug-likeness (QED) is 0.487. The topological polar surface area (TPSA) is 51.2 Å². The maximum absolute atomic E-state index is 13.3. The first-order valence-electron chi connectivity index (χ1n) is 9.48. The van der Waals surface area contributed by atoms with Crippen LogP contribution in [-0.4, -0.2) is 18.0 Å². The molecule has 0 aliphatic heterocycles. The fourth-order valence-electron chi connectivity index (χ4n) is 3.49. The number of pyridine rings is 1. The number of para-hydroxylation sites is 1. The molecule has 0 unspecified atom stereocenters. The number of anilines is 1. The number of carbonyl (C=O) groups is 1. The summed E-state index contributed by atoms with van der Waals surface area (Å²) in [5, 5.41) is 3.84. The van der Waals surface area contributed by atoms with Crippen LogP contribution in [0.4, 0.5) is 5.69 Å². The van der Waals surface area contributed by atoms with Crippen LogP contribution in [-0.2, 0) is 0 Å². The summed E-state index contributed by atoms with van der Waals surface area (Å²) in [5.41, 5.74) is 5.97. The van der Waals surface area contributed by atoms with Crippen LogP contribution in [0.15, 0.2) is 72.8 Å². The average Bonchev–Trinajstić information content (AvgIpc) is 2.74. The minimum Gasteiger partial charge on any atom is -0.497 e. The van der Waals surface area contributed by atoms with Crippen LogP contribution in [0.2, 0.25) is 0 Å². The van der Waals surface area contributed by atoms with Crippen molar-refractivity contribution in [1.29, 1.82) is 0 Å². The Bertz CT molecular complexity index is 1200. The predicted octanol–water partition coefficient (Wildman–Crippen LogP) is 5.78. The van der Waals surface area contributed by atoms with Gasteiger partial charge in [0.1, 0.15) is 5.75 Å². The molecule has 4 aromatic rings. The Labute approximate surface area is 170 Å². The van der Waals surface area contributed by atoms with Crippen molar-refractivity contribution in [1.82, 2.24) is 4.98 Å². The highest BCUT2D eigenvalue weighted by molar-refractivity contribution is 6.14. The molecular weight excluding hydrogens is 360 g/mol. The molecule has 0 atom stereocenters. The third-order valence-corrected chi connectivity index (χ3v) is 5.02. The summed E-state index contributed by atoms with van der Waals surface area (Å²) in [6.07, 6.45) is 0. The number of ether oxygens (including phenoxy) is 1. The second kappa shape index (κ2) is 7.76. The van der Waals surface area contributed by atoms with E-state index in [-0.39, 0.29) is 5.91 Å². The zero-order valence-corrected chi connectivity index (χ0v) is 16.7. The molecule has 0 saturated carbocycles. The number of aromatic nitrogens is 1. The Morgan fingerprint density at radius 1 is 0.931 bits per heavy atom. The number of nitrogens with one attached hydrogen (secondary N) is 1. The molecule has 0 spiro atoms.